The molecule has 0 aromatic heterocycles. The van der Waals surface area contributed by atoms with Crippen LogP contribution >= 0.6 is 0 Å². The fourth-order valence-electron chi connectivity index (χ4n) is 4.03. The third-order valence-corrected chi connectivity index (χ3v) is 5.55. The van der Waals surface area contributed by atoms with Gasteiger partial charge in [0, 0.05) is 58.2 Å². The molecule has 3 fully saturated rings. The summed E-state index contributed by atoms with van der Waals surface area (Å²) in [5, 5.41) is 10.0. The van der Waals surface area contributed by atoms with Gasteiger partial charge in [0.05, 0.1) is 6.10 Å². The van der Waals surface area contributed by atoms with Crippen LogP contribution in [0.1, 0.15) is 32.1 Å². The Labute approximate surface area is 132 Å². The standard InChI is InChI=1S/C16H27N3O3/c1-17-6-5-12(11-15(17)21)16(22)19-9-7-18(8-10-19)13-3-2-4-14(13)20/h12-14,20H,2-11H2,1H3/t12-,13+,14-/m0/s1. The Balaban J connectivity index is 1.50. The molecule has 2 aliphatic heterocycles. The molecule has 2 saturated heterocycles. The zero-order valence-electron chi connectivity index (χ0n) is 13.4. The van der Waals surface area contributed by atoms with Crippen molar-refractivity contribution in [2.45, 2.75) is 44.2 Å². The predicted octanol–water partition coefficient (Wildman–Crippen LogP) is -0.0876. The minimum Gasteiger partial charge on any atom is -0.391 e. The summed E-state index contributed by atoms with van der Waals surface area (Å²) in [5.41, 5.74) is 0. The first kappa shape index (κ1) is 15.7. The van der Waals surface area contributed by atoms with E-state index in [1.54, 1.807) is 11.9 Å². The lowest BCUT2D eigenvalue weighted by molar-refractivity contribution is -0.145. The zero-order chi connectivity index (χ0) is 15.7. The fourth-order valence-corrected chi connectivity index (χ4v) is 4.03. The lowest BCUT2D eigenvalue weighted by Crippen LogP contribution is -2.55. The second-order valence-electron chi connectivity index (χ2n) is 6.93. The molecule has 0 radical (unpaired) electrons. The van der Waals surface area contributed by atoms with Gasteiger partial charge in [-0.3, -0.25) is 14.5 Å². The van der Waals surface area contributed by atoms with E-state index in [0.29, 0.717) is 13.0 Å². The highest BCUT2D eigenvalue weighted by Gasteiger charge is 2.36. The van der Waals surface area contributed by atoms with Crippen molar-refractivity contribution < 1.29 is 14.7 Å². The molecule has 3 rings (SSSR count). The molecule has 0 unspecified atom stereocenters. The molecule has 1 saturated carbocycles. The van der Waals surface area contributed by atoms with Crippen LogP contribution in [-0.2, 0) is 9.59 Å². The summed E-state index contributed by atoms with van der Waals surface area (Å²) in [6, 6.07) is 0.280. The Bertz CT molecular complexity index is 434. The Kier molecular flexibility index (Phi) is 4.68. The molecule has 1 aliphatic carbocycles. The normalized spacial score (nSPS) is 34.3. The number of hydrogen-bond donors (Lipinski definition) is 1. The Hall–Kier alpha value is -1.14. The maximum absolute atomic E-state index is 12.6. The number of likely N-dealkylation sites (tertiary alicyclic amines) is 1. The van der Waals surface area contributed by atoms with E-state index in [4.69, 9.17) is 0 Å². The van der Waals surface area contributed by atoms with Gasteiger partial charge in [-0.15, -0.1) is 0 Å². The van der Waals surface area contributed by atoms with Crippen LogP contribution in [0.4, 0.5) is 0 Å². The van der Waals surface area contributed by atoms with Crippen molar-refractivity contribution in [3.63, 3.8) is 0 Å². The van der Waals surface area contributed by atoms with Gasteiger partial charge >= 0.3 is 0 Å². The Morgan fingerprint density at radius 3 is 2.41 bits per heavy atom. The highest BCUT2D eigenvalue weighted by Crippen LogP contribution is 2.26. The van der Waals surface area contributed by atoms with Gasteiger partial charge in [-0.25, -0.2) is 0 Å². The number of nitrogens with zero attached hydrogens (tertiary/aromatic N) is 3. The van der Waals surface area contributed by atoms with Crippen LogP contribution in [0, 0.1) is 5.92 Å². The number of carbonyl (C=O) groups is 2. The summed E-state index contributed by atoms with van der Waals surface area (Å²) in [6.07, 6.45) is 4.01. The van der Waals surface area contributed by atoms with Crippen LogP contribution in [0.15, 0.2) is 0 Å². The number of aliphatic hydroxyl groups is 1. The Morgan fingerprint density at radius 1 is 1.09 bits per heavy atom. The van der Waals surface area contributed by atoms with Gasteiger partial charge in [-0.2, -0.15) is 0 Å². The maximum atomic E-state index is 12.6. The number of aliphatic hydroxyl groups excluding tert-OH is 1. The highest BCUT2D eigenvalue weighted by molar-refractivity contribution is 5.87. The van der Waals surface area contributed by atoms with Gasteiger partial charge < -0.3 is 14.9 Å². The molecule has 3 aliphatic rings. The first-order valence-corrected chi connectivity index (χ1v) is 8.51. The average molecular weight is 309 g/mol. The largest absolute Gasteiger partial charge is 0.391 e. The molecule has 0 aromatic carbocycles. The molecule has 6 nitrogen and oxygen atoms in total. The lowest BCUT2D eigenvalue weighted by Gasteiger charge is -2.40. The molecular formula is C16H27N3O3. The van der Waals surface area contributed by atoms with E-state index < -0.39 is 0 Å². The van der Waals surface area contributed by atoms with Gasteiger partial charge in [0.1, 0.15) is 0 Å². The summed E-state index contributed by atoms with van der Waals surface area (Å²) in [7, 11) is 1.80. The van der Waals surface area contributed by atoms with Crippen molar-refractivity contribution >= 4 is 11.8 Å². The summed E-state index contributed by atoms with van der Waals surface area (Å²) in [6.45, 7) is 3.82. The molecule has 3 atom stereocenters. The van der Waals surface area contributed by atoms with Crippen LogP contribution in [0.5, 0.6) is 0 Å². The number of piperidine rings is 1. The topological polar surface area (TPSA) is 64.1 Å². The fraction of sp³-hybridized carbons (Fsp3) is 0.875. The van der Waals surface area contributed by atoms with E-state index in [1.807, 2.05) is 4.90 Å². The van der Waals surface area contributed by atoms with Crippen LogP contribution in [0.3, 0.4) is 0 Å². The number of rotatable bonds is 2. The molecule has 0 bridgehead atoms. The zero-order valence-corrected chi connectivity index (χ0v) is 13.4. The first-order valence-electron chi connectivity index (χ1n) is 8.51. The Morgan fingerprint density at radius 2 is 1.82 bits per heavy atom. The maximum Gasteiger partial charge on any atom is 0.226 e. The monoisotopic (exact) mass is 309 g/mol. The van der Waals surface area contributed by atoms with Gasteiger partial charge in [-0.1, -0.05) is 0 Å². The second kappa shape index (κ2) is 6.54. The van der Waals surface area contributed by atoms with Crippen LogP contribution in [-0.4, -0.2) is 83.5 Å². The molecule has 6 heteroatoms. The van der Waals surface area contributed by atoms with Crippen molar-refractivity contribution in [3.8, 4) is 0 Å². The molecular weight excluding hydrogens is 282 g/mol. The van der Waals surface area contributed by atoms with E-state index in [2.05, 4.69) is 4.90 Å². The van der Waals surface area contributed by atoms with Crippen molar-refractivity contribution in [2.75, 3.05) is 39.8 Å². The van der Waals surface area contributed by atoms with Crippen molar-refractivity contribution in [2.24, 2.45) is 5.92 Å². The summed E-state index contributed by atoms with van der Waals surface area (Å²) < 4.78 is 0. The summed E-state index contributed by atoms with van der Waals surface area (Å²) in [4.78, 5) is 30.3. The van der Waals surface area contributed by atoms with E-state index in [9.17, 15) is 14.7 Å². The number of carbonyl (C=O) groups excluding carboxylic acids is 2. The molecule has 2 amide bonds. The third-order valence-electron chi connectivity index (χ3n) is 5.55. The summed E-state index contributed by atoms with van der Waals surface area (Å²) >= 11 is 0. The SMILES string of the molecule is CN1CC[C@H](C(=O)N2CCN([C@@H]3CCC[C@@H]3O)CC2)CC1=O. The van der Waals surface area contributed by atoms with E-state index in [-0.39, 0.29) is 29.9 Å². The molecule has 2 heterocycles. The number of amides is 2. The molecule has 124 valence electrons. The predicted molar refractivity (Wildman–Crippen MR) is 82.2 cm³/mol. The first-order chi connectivity index (χ1) is 10.6. The van der Waals surface area contributed by atoms with Crippen molar-refractivity contribution in [1.29, 1.82) is 0 Å². The number of hydrogen-bond acceptors (Lipinski definition) is 4. The quantitative estimate of drug-likeness (QED) is 0.774. The lowest BCUT2D eigenvalue weighted by atomic mass is 9.94. The van der Waals surface area contributed by atoms with E-state index in [0.717, 1.165) is 51.9 Å². The smallest absolute Gasteiger partial charge is 0.226 e. The molecule has 1 N–H and O–H groups in total. The van der Waals surface area contributed by atoms with Gasteiger partial charge in [-0.05, 0) is 25.7 Å². The van der Waals surface area contributed by atoms with E-state index >= 15 is 0 Å². The van der Waals surface area contributed by atoms with E-state index in [1.165, 1.54) is 0 Å². The second-order valence-corrected chi connectivity index (χ2v) is 6.93. The minimum absolute atomic E-state index is 0.0808. The van der Waals surface area contributed by atoms with Crippen LogP contribution < -0.4 is 0 Å². The molecule has 0 aromatic rings. The van der Waals surface area contributed by atoms with Crippen molar-refractivity contribution in [3.05, 3.63) is 0 Å². The van der Waals surface area contributed by atoms with Crippen molar-refractivity contribution in [1.82, 2.24) is 14.7 Å². The van der Waals surface area contributed by atoms with Gasteiger partial charge in [0.2, 0.25) is 11.8 Å². The minimum atomic E-state index is -0.200. The van der Waals surface area contributed by atoms with Crippen LogP contribution in [0.25, 0.3) is 0 Å². The molecule has 0 spiro atoms. The molecule has 22 heavy (non-hydrogen) atoms. The highest BCUT2D eigenvalue weighted by atomic mass is 16.3. The number of piperazine rings is 1. The van der Waals surface area contributed by atoms with Gasteiger partial charge in [0.15, 0.2) is 0 Å². The van der Waals surface area contributed by atoms with Crippen LogP contribution in [0.2, 0.25) is 0 Å². The summed E-state index contributed by atoms with van der Waals surface area (Å²) in [5.74, 6) is 0.0951. The average Bonchev–Trinajstić information content (AvgIpc) is 2.95. The van der Waals surface area contributed by atoms with Gasteiger partial charge in [0.25, 0.3) is 0 Å². The third kappa shape index (κ3) is 3.13.